The van der Waals surface area contributed by atoms with Crippen molar-refractivity contribution in [2.24, 2.45) is 0 Å². The SMILES string of the molecule is Cc1noc(NC(=O)c2n[nH]c(=O)c3ccccc23)n1. The third-order valence-electron chi connectivity index (χ3n) is 2.66. The van der Waals surface area contributed by atoms with E-state index >= 15 is 0 Å². The van der Waals surface area contributed by atoms with Crippen LogP contribution in [0, 0.1) is 6.92 Å². The molecule has 1 amide bonds. The van der Waals surface area contributed by atoms with Crippen LogP contribution >= 0.6 is 0 Å². The lowest BCUT2D eigenvalue weighted by Crippen LogP contribution is -2.19. The second-order valence-electron chi connectivity index (χ2n) is 4.05. The smallest absolute Gasteiger partial charge is 0.315 e. The molecule has 0 aliphatic heterocycles. The third kappa shape index (κ3) is 2.03. The summed E-state index contributed by atoms with van der Waals surface area (Å²) in [6, 6.07) is 6.66. The van der Waals surface area contributed by atoms with E-state index in [4.69, 9.17) is 4.52 Å². The van der Waals surface area contributed by atoms with Gasteiger partial charge in [-0.15, -0.1) is 0 Å². The number of nitrogens with zero attached hydrogens (tertiary/aromatic N) is 3. The van der Waals surface area contributed by atoms with Crippen LogP contribution in [0.3, 0.4) is 0 Å². The number of aryl methyl sites for hydroxylation is 1. The van der Waals surface area contributed by atoms with E-state index < -0.39 is 5.91 Å². The molecule has 3 rings (SSSR count). The van der Waals surface area contributed by atoms with Crippen molar-refractivity contribution in [1.82, 2.24) is 20.3 Å². The fourth-order valence-electron chi connectivity index (χ4n) is 1.79. The highest BCUT2D eigenvalue weighted by molar-refractivity contribution is 6.10. The van der Waals surface area contributed by atoms with E-state index in [-0.39, 0.29) is 17.3 Å². The predicted molar refractivity (Wildman–Crippen MR) is 69.4 cm³/mol. The van der Waals surface area contributed by atoms with Crippen LogP contribution in [0.4, 0.5) is 6.01 Å². The Morgan fingerprint density at radius 3 is 2.75 bits per heavy atom. The normalized spacial score (nSPS) is 10.7. The maximum Gasteiger partial charge on any atom is 0.328 e. The number of amides is 1. The van der Waals surface area contributed by atoms with Gasteiger partial charge < -0.3 is 4.52 Å². The summed E-state index contributed by atoms with van der Waals surface area (Å²) in [6.45, 7) is 1.63. The molecule has 0 atom stereocenters. The zero-order valence-electron chi connectivity index (χ0n) is 10.4. The van der Waals surface area contributed by atoms with E-state index in [1.54, 1.807) is 31.2 Å². The van der Waals surface area contributed by atoms with Gasteiger partial charge in [-0.3, -0.25) is 14.9 Å². The molecule has 3 aromatic rings. The molecule has 2 N–H and O–H groups in total. The Hall–Kier alpha value is -3.03. The number of hydrogen-bond acceptors (Lipinski definition) is 6. The average Bonchev–Trinajstić information content (AvgIpc) is 2.84. The van der Waals surface area contributed by atoms with E-state index in [1.807, 2.05) is 0 Å². The molecule has 20 heavy (non-hydrogen) atoms. The van der Waals surface area contributed by atoms with Gasteiger partial charge in [0.25, 0.3) is 11.5 Å². The number of benzene rings is 1. The monoisotopic (exact) mass is 271 g/mol. The quantitative estimate of drug-likeness (QED) is 0.714. The molecular weight excluding hydrogens is 262 g/mol. The van der Waals surface area contributed by atoms with Crippen LogP contribution in [0.25, 0.3) is 10.8 Å². The molecule has 8 heteroatoms. The lowest BCUT2D eigenvalue weighted by Gasteiger charge is -2.03. The van der Waals surface area contributed by atoms with Crippen LogP contribution < -0.4 is 10.9 Å². The zero-order chi connectivity index (χ0) is 14.1. The van der Waals surface area contributed by atoms with Crippen LogP contribution in [0.1, 0.15) is 16.3 Å². The Kier molecular flexibility index (Phi) is 2.75. The number of aromatic nitrogens is 4. The van der Waals surface area contributed by atoms with Gasteiger partial charge in [-0.25, -0.2) is 5.10 Å². The van der Waals surface area contributed by atoms with Crippen molar-refractivity contribution in [2.75, 3.05) is 5.32 Å². The number of H-pyrrole nitrogens is 1. The molecule has 2 heterocycles. The highest BCUT2D eigenvalue weighted by Gasteiger charge is 2.16. The number of aromatic amines is 1. The summed E-state index contributed by atoms with van der Waals surface area (Å²) < 4.78 is 4.80. The number of carbonyl (C=O) groups is 1. The Labute approximate surface area is 111 Å². The second kappa shape index (κ2) is 4.57. The molecule has 0 radical (unpaired) electrons. The minimum absolute atomic E-state index is 0.0235. The maximum atomic E-state index is 12.1. The molecule has 0 fully saturated rings. The Morgan fingerprint density at radius 1 is 1.30 bits per heavy atom. The van der Waals surface area contributed by atoms with E-state index in [2.05, 4.69) is 25.7 Å². The third-order valence-corrected chi connectivity index (χ3v) is 2.66. The van der Waals surface area contributed by atoms with Crippen molar-refractivity contribution in [3.8, 4) is 0 Å². The summed E-state index contributed by atoms with van der Waals surface area (Å²) in [5.41, 5.74) is -0.276. The van der Waals surface area contributed by atoms with Gasteiger partial charge in [0.2, 0.25) is 0 Å². The molecule has 8 nitrogen and oxygen atoms in total. The van der Waals surface area contributed by atoms with E-state index in [9.17, 15) is 9.59 Å². The first-order valence-electron chi connectivity index (χ1n) is 5.74. The number of nitrogens with one attached hydrogen (secondary N) is 2. The van der Waals surface area contributed by atoms with Gasteiger partial charge in [0.05, 0.1) is 5.39 Å². The summed E-state index contributed by atoms with van der Waals surface area (Å²) in [7, 11) is 0. The largest absolute Gasteiger partial charge is 0.328 e. The molecule has 2 aromatic heterocycles. The highest BCUT2D eigenvalue weighted by atomic mass is 16.5. The van der Waals surface area contributed by atoms with E-state index in [0.717, 1.165) is 0 Å². The van der Waals surface area contributed by atoms with Crippen molar-refractivity contribution in [2.45, 2.75) is 6.92 Å². The molecule has 0 saturated heterocycles. The summed E-state index contributed by atoms with van der Waals surface area (Å²) in [4.78, 5) is 27.6. The lowest BCUT2D eigenvalue weighted by molar-refractivity contribution is 0.101. The topological polar surface area (TPSA) is 114 Å². The number of rotatable bonds is 2. The fraction of sp³-hybridized carbons (Fsp3) is 0.0833. The summed E-state index contributed by atoms with van der Waals surface area (Å²) in [5, 5.41) is 12.9. The summed E-state index contributed by atoms with van der Waals surface area (Å²) >= 11 is 0. The summed E-state index contributed by atoms with van der Waals surface area (Å²) in [5.74, 6) is -0.138. The van der Waals surface area contributed by atoms with Crippen molar-refractivity contribution >= 4 is 22.7 Å². The first-order valence-corrected chi connectivity index (χ1v) is 5.74. The molecule has 0 unspecified atom stereocenters. The van der Waals surface area contributed by atoms with Crippen molar-refractivity contribution in [3.63, 3.8) is 0 Å². The van der Waals surface area contributed by atoms with E-state index in [1.165, 1.54) is 0 Å². The first-order chi connectivity index (χ1) is 9.65. The van der Waals surface area contributed by atoms with Crippen LogP contribution in [0.5, 0.6) is 0 Å². The van der Waals surface area contributed by atoms with Gasteiger partial charge in [-0.2, -0.15) is 10.1 Å². The van der Waals surface area contributed by atoms with Crippen molar-refractivity contribution in [3.05, 3.63) is 46.1 Å². The van der Waals surface area contributed by atoms with Crippen LogP contribution in [-0.2, 0) is 0 Å². The first kappa shape index (κ1) is 12.0. The predicted octanol–water partition coefficient (Wildman–Crippen LogP) is 0.867. The molecule has 0 aliphatic rings. The lowest BCUT2D eigenvalue weighted by atomic mass is 10.1. The van der Waals surface area contributed by atoms with Crippen LogP contribution in [0.15, 0.2) is 33.6 Å². The molecule has 100 valence electrons. The second-order valence-corrected chi connectivity index (χ2v) is 4.05. The number of hydrogen-bond donors (Lipinski definition) is 2. The van der Waals surface area contributed by atoms with Crippen molar-refractivity contribution < 1.29 is 9.32 Å². The van der Waals surface area contributed by atoms with Crippen LogP contribution in [-0.4, -0.2) is 26.2 Å². The molecular formula is C12H9N5O3. The zero-order valence-corrected chi connectivity index (χ0v) is 10.4. The maximum absolute atomic E-state index is 12.1. The Morgan fingerprint density at radius 2 is 2.05 bits per heavy atom. The van der Waals surface area contributed by atoms with Gasteiger partial charge in [0.15, 0.2) is 11.5 Å². The molecule has 0 bridgehead atoms. The van der Waals surface area contributed by atoms with Crippen LogP contribution in [0.2, 0.25) is 0 Å². The summed E-state index contributed by atoms with van der Waals surface area (Å²) in [6.07, 6.45) is 0. The van der Waals surface area contributed by atoms with Gasteiger partial charge in [0.1, 0.15) is 0 Å². The number of fused-ring (bicyclic) bond motifs is 1. The number of carbonyl (C=O) groups excluding carboxylic acids is 1. The van der Waals surface area contributed by atoms with Gasteiger partial charge in [-0.1, -0.05) is 23.4 Å². The van der Waals surface area contributed by atoms with Gasteiger partial charge >= 0.3 is 6.01 Å². The van der Waals surface area contributed by atoms with Gasteiger partial charge in [0, 0.05) is 5.39 Å². The Bertz CT molecular complexity index is 851. The minimum Gasteiger partial charge on any atom is -0.315 e. The molecule has 1 aromatic carbocycles. The molecule has 0 aliphatic carbocycles. The van der Waals surface area contributed by atoms with E-state index in [0.29, 0.717) is 16.6 Å². The van der Waals surface area contributed by atoms with Crippen molar-refractivity contribution in [1.29, 1.82) is 0 Å². The number of anilines is 1. The Balaban J connectivity index is 2.04. The highest BCUT2D eigenvalue weighted by Crippen LogP contribution is 2.13. The average molecular weight is 271 g/mol. The van der Waals surface area contributed by atoms with Gasteiger partial charge in [-0.05, 0) is 13.0 Å². The molecule has 0 spiro atoms. The fourth-order valence-corrected chi connectivity index (χ4v) is 1.79. The molecule has 0 saturated carbocycles. The minimum atomic E-state index is -0.541. The standard InChI is InChI=1S/C12H9N5O3/c1-6-13-12(20-17-6)14-11(19)9-7-4-2-3-5-8(7)10(18)16-15-9/h2-5H,1H3,(H,16,18)(H,13,14,17,19).